The van der Waals surface area contributed by atoms with Crippen molar-refractivity contribution in [1.82, 2.24) is 0 Å². The van der Waals surface area contributed by atoms with Crippen LogP contribution >= 0.6 is 0 Å². The lowest BCUT2D eigenvalue weighted by Gasteiger charge is -2.05. The smallest absolute Gasteiger partial charge is 0.303 e. The van der Waals surface area contributed by atoms with Crippen LogP contribution in [0.15, 0.2) is 0 Å². The normalized spacial score (nSPS) is 27.2. The highest BCUT2D eigenvalue weighted by atomic mass is 32.2. The van der Waals surface area contributed by atoms with E-state index in [0.717, 1.165) is 0 Å². The highest BCUT2D eigenvalue weighted by Gasteiger charge is 2.30. The molecule has 1 saturated heterocycles. The molecule has 1 unspecified atom stereocenters. The van der Waals surface area contributed by atoms with E-state index in [1.165, 1.54) is 0 Å². The number of carboxylic acid groups (broad SMARTS) is 1. The van der Waals surface area contributed by atoms with Gasteiger partial charge in [-0.2, -0.15) is 0 Å². The van der Waals surface area contributed by atoms with Crippen LogP contribution in [0.25, 0.3) is 0 Å². The molecule has 0 radical (unpaired) electrons. The molecule has 0 aromatic rings. The Hall–Kier alpha value is -0.580. The molecule has 0 amide bonds. The average molecular weight is 192 g/mol. The minimum absolute atomic E-state index is 0.0378. The molecule has 5 heteroatoms. The highest BCUT2D eigenvalue weighted by molar-refractivity contribution is 7.92. The van der Waals surface area contributed by atoms with Gasteiger partial charge in [-0.3, -0.25) is 4.79 Å². The molecule has 70 valence electrons. The monoisotopic (exact) mass is 192 g/mol. The number of aliphatic carboxylic acids is 1. The van der Waals surface area contributed by atoms with Gasteiger partial charge in [0.25, 0.3) is 0 Å². The molecule has 1 rings (SSSR count). The average Bonchev–Trinajstić information content (AvgIpc) is 2.25. The van der Waals surface area contributed by atoms with Crippen LogP contribution in [0.5, 0.6) is 0 Å². The SMILES string of the molecule is O=C(O)CCC1CCCS1(=O)=O. The zero-order valence-electron chi connectivity index (χ0n) is 6.69. The van der Waals surface area contributed by atoms with Crippen molar-refractivity contribution in [3.05, 3.63) is 0 Å². The Morgan fingerprint density at radius 3 is 2.58 bits per heavy atom. The second-order valence-electron chi connectivity index (χ2n) is 3.06. The largest absolute Gasteiger partial charge is 0.481 e. The van der Waals surface area contributed by atoms with Crippen molar-refractivity contribution in [1.29, 1.82) is 0 Å². The van der Waals surface area contributed by atoms with Gasteiger partial charge in [0.05, 0.1) is 11.0 Å². The topological polar surface area (TPSA) is 71.4 Å². The number of rotatable bonds is 3. The predicted molar refractivity (Wildman–Crippen MR) is 43.7 cm³/mol. The first-order chi connectivity index (χ1) is 5.52. The third-order valence-electron chi connectivity index (χ3n) is 2.14. The molecular weight excluding hydrogens is 180 g/mol. The molecule has 0 aromatic carbocycles. The lowest BCUT2D eigenvalue weighted by atomic mass is 10.1. The Morgan fingerprint density at radius 2 is 2.17 bits per heavy atom. The van der Waals surface area contributed by atoms with Crippen molar-refractivity contribution in [2.45, 2.75) is 30.9 Å². The van der Waals surface area contributed by atoms with Gasteiger partial charge < -0.3 is 5.11 Å². The van der Waals surface area contributed by atoms with E-state index in [2.05, 4.69) is 0 Å². The van der Waals surface area contributed by atoms with Crippen molar-refractivity contribution in [3.63, 3.8) is 0 Å². The number of carboxylic acids is 1. The molecule has 1 aliphatic rings. The van der Waals surface area contributed by atoms with Crippen LogP contribution in [0.1, 0.15) is 25.7 Å². The minimum atomic E-state index is -2.95. The van der Waals surface area contributed by atoms with Gasteiger partial charge in [-0.15, -0.1) is 0 Å². The Balaban J connectivity index is 2.48. The van der Waals surface area contributed by atoms with Gasteiger partial charge in [-0.05, 0) is 19.3 Å². The molecule has 4 nitrogen and oxygen atoms in total. The molecule has 0 saturated carbocycles. The van der Waals surface area contributed by atoms with Gasteiger partial charge in [-0.1, -0.05) is 0 Å². The summed E-state index contributed by atoms with van der Waals surface area (Å²) in [6, 6.07) is 0. The maximum Gasteiger partial charge on any atom is 0.303 e. The molecule has 0 spiro atoms. The summed E-state index contributed by atoms with van der Waals surface area (Å²) >= 11 is 0. The first-order valence-electron chi connectivity index (χ1n) is 3.96. The number of hydrogen-bond acceptors (Lipinski definition) is 3. The Kier molecular flexibility index (Phi) is 2.72. The fourth-order valence-electron chi connectivity index (χ4n) is 1.47. The summed E-state index contributed by atoms with van der Waals surface area (Å²) in [5.41, 5.74) is 0. The zero-order valence-corrected chi connectivity index (χ0v) is 7.51. The fraction of sp³-hybridized carbons (Fsp3) is 0.857. The van der Waals surface area contributed by atoms with Crippen LogP contribution < -0.4 is 0 Å². The summed E-state index contributed by atoms with van der Waals surface area (Å²) in [6.07, 6.45) is 1.56. The molecule has 1 N–H and O–H groups in total. The van der Waals surface area contributed by atoms with Crippen molar-refractivity contribution in [2.75, 3.05) is 5.75 Å². The van der Waals surface area contributed by atoms with Crippen molar-refractivity contribution in [3.8, 4) is 0 Å². The summed E-state index contributed by atoms with van der Waals surface area (Å²) in [6.45, 7) is 0. The van der Waals surface area contributed by atoms with Crippen LogP contribution in [0.4, 0.5) is 0 Å². The molecule has 1 heterocycles. The maximum atomic E-state index is 11.2. The second-order valence-corrected chi connectivity index (χ2v) is 5.46. The molecule has 1 aliphatic heterocycles. The van der Waals surface area contributed by atoms with Crippen LogP contribution in [-0.4, -0.2) is 30.5 Å². The van der Waals surface area contributed by atoms with Crippen molar-refractivity contribution in [2.24, 2.45) is 0 Å². The lowest BCUT2D eigenvalue weighted by molar-refractivity contribution is -0.137. The van der Waals surface area contributed by atoms with E-state index in [-0.39, 0.29) is 18.6 Å². The summed E-state index contributed by atoms with van der Waals surface area (Å²) < 4.78 is 22.4. The summed E-state index contributed by atoms with van der Waals surface area (Å²) in [7, 11) is -2.95. The van der Waals surface area contributed by atoms with Gasteiger partial charge in [-0.25, -0.2) is 8.42 Å². The number of hydrogen-bond donors (Lipinski definition) is 1. The van der Waals surface area contributed by atoms with Crippen LogP contribution in [-0.2, 0) is 14.6 Å². The molecule has 1 atom stereocenters. The van der Waals surface area contributed by atoms with E-state index >= 15 is 0 Å². The van der Waals surface area contributed by atoms with Crippen LogP contribution in [0.2, 0.25) is 0 Å². The van der Waals surface area contributed by atoms with Crippen molar-refractivity contribution < 1.29 is 18.3 Å². The first kappa shape index (κ1) is 9.51. The zero-order chi connectivity index (χ0) is 9.19. The summed E-state index contributed by atoms with van der Waals surface area (Å²) in [5.74, 6) is -0.686. The van der Waals surface area contributed by atoms with Crippen LogP contribution in [0, 0.1) is 0 Å². The molecule has 0 aromatic heterocycles. The number of carbonyl (C=O) groups is 1. The first-order valence-corrected chi connectivity index (χ1v) is 5.67. The van der Waals surface area contributed by atoms with E-state index in [1.807, 2.05) is 0 Å². The standard InChI is InChI=1S/C7H12O4S/c8-7(9)4-3-6-2-1-5-12(6,10)11/h6H,1-5H2,(H,8,9). The fourth-order valence-corrected chi connectivity index (χ4v) is 3.37. The maximum absolute atomic E-state index is 11.2. The minimum Gasteiger partial charge on any atom is -0.481 e. The molecular formula is C7H12O4S. The molecule has 1 fully saturated rings. The van der Waals surface area contributed by atoms with E-state index in [0.29, 0.717) is 12.8 Å². The van der Waals surface area contributed by atoms with E-state index in [1.54, 1.807) is 0 Å². The Labute approximate surface area is 71.5 Å². The third kappa shape index (κ3) is 2.20. The highest BCUT2D eigenvalue weighted by Crippen LogP contribution is 2.23. The Bertz CT molecular complexity index is 267. The second kappa shape index (κ2) is 3.43. The van der Waals surface area contributed by atoms with Gasteiger partial charge in [0.2, 0.25) is 0 Å². The lowest BCUT2D eigenvalue weighted by Crippen LogP contribution is -2.16. The van der Waals surface area contributed by atoms with Gasteiger partial charge in [0, 0.05) is 6.42 Å². The Morgan fingerprint density at radius 1 is 1.50 bits per heavy atom. The van der Waals surface area contributed by atoms with Crippen molar-refractivity contribution >= 4 is 15.8 Å². The summed E-state index contributed by atoms with van der Waals surface area (Å²) in [4.78, 5) is 10.2. The molecule has 12 heavy (non-hydrogen) atoms. The summed E-state index contributed by atoms with van der Waals surface area (Å²) in [5, 5.41) is 7.95. The van der Waals surface area contributed by atoms with Gasteiger partial charge in [0.1, 0.15) is 0 Å². The number of sulfone groups is 1. The van der Waals surface area contributed by atoms with Crippen LogP contribution in [0.3, 0.4) is 0 Å². The predicted octanol–water partition coefficient (Wildman–Crippen LogP) is 0.428. The quantitative estimate of drug-likeness (QED) is 0.703. The van der Waals surface area contributed by atoms with E-state index < -0.39 is 21.1 Å². The molecule has 0 bridgehead atoms. The van der Waals surface area contributed by atoms with E-state index in [9.17, 15) is 13.2 Å². The molecule has 0 aliphatic carbocycles. The van der Waals surface area contributed by atoms with E-state index in [4.69, 9.17) is 5.11 Å². The van der Waals surface area contributed by atoms with Gasteiger partial charge in [0.15, 0.2) is 9.84 Å². The van der Waals surface area contributed by atoms with Gasteiger partial charge >= 0.3 is 5.97 Å². The third-order valence-corrected chi connectivity index (χ3v) is 4.49.